The highest BCUT2D eigenvalue weighted by atomic mass is 16.5. The highest BCUT2D eigenvalue weighted by Crippen LogP contribution is 2.33. The highest BCUT2D eigenvalue weighted by molar-refractivity contribution is 6.14. The van der Waals surface area contributed by atoms with Crippen LogP contribution in [0, 0.1) is 0 Å². The van der Waals surface area contributed by atoms with Gasteiger partial charge in [0.2, 0.25) is 5.78 Å². The summed E-state index contributed by atoms with van der Waals surface area (Å²) in [4.78, 5) is 12.0. The van der Waals surface area contributed by atoms with Crippen LogP contribution in [0.2, 0.25) is 0 Å². The maximum Gasteiger partial charge on any atom is 0.232 e. The molecule has 88 valence electrons. The van der Waals surface area contributed by atoms with Crippen LogP contribution in [0.5, 0.6) is 11.5 Å². The Labute approximate surface area is 104 Å². The van der Waals surface area contributed by atoms with E-state index in [-0.39, 0.29) is 17.3 Å². The molecular formula is C15H10O3. The van der Waals surface area contributed by atoms with Crippen LogP contribution in [0.15, 0.2) is 54.3 Å². The van der Waals surface area contributed by atoms with Crippen molar-refractivity contribution in [2.24, 2.45) is 0 Å². The van der Waals surface area contributed by atoms with Crippen LogP contribution < -0.4 is 4.74 Å². The molecule has 2 aromatic rings. The van der Waals surface area contributed by atoms with E-state index < -0.39 is 0 Å². The van der Waals surface area contributed by atoms with Crippen molar-refractivity contribution >= 4 is 11.9 Å². The van der Waals surface area contributed by atoms with E-state index in [9.17, 15) is 9.90 Å². The fourth-order valence-corrected chi connectivity index (χ4v) is 1.88. The topological polar surface area (TPSA) is 46.5 Å². The Morgan fingerprint density at radius 1 is 1.06 bits per heavy atom. The number of ketones is 1. The van der Waals surface area contributed by atoms with Gasteiger partial charge in [-0.1, -0.05) is 30.3 Å². The number of aromatic hydroxyl groups is 1. The lowest BCUT2D eigenvalue weighted by molar-refractivity contribution is 0.101. The van der Waals surface area contributed by atoms with E-state index in [1.807, 2.05) is 30.3 Å². The summed E-state index contributed by atoms with van der Waals surface area (Å²) in [5.41, 5.74) is 1.30. The molecule has 2 aromatic carbocycles. The minimum Gasteiger partial charge on any atom is -0.508 e. The van der Waals surface area contributed by atoms with E-state index in [1.165, 1.54) is 12.1 Å². The van der Waals surface area contributed by atoms with Crippen LogP contribution in [0.4, 0.5) is 0 Å². The Balaban J connectivity index is 2.00. The standard InChI is InChI=1S/C15H10O3/c16-11-6-7-13-12(9-11)15(17)14(18-13)8-10-4-2-1-3-5-10/h1-9,16H/b14-8-. The smallest absolute Gasteiger partial charge is 0.232 e. The molecule has 1 aliphatic rings. The fraction of sp³-hybridized carbons (Fsp3) is 0. The maximum absolute atomic E-state index is 12.0. The summed E-state index contributed by atoms with van der Waals surface area (Å²) in [6, 6.07) is 14.0. The number of benzene rings is 2. The van der Waals surface area contributed by atoms with Gasteiger partial charge in [0.05, 0.1) is 5.56 Å². The van der Waals surface area contributed by atoms with Crippen molar-refractivity contribution in [3.63, 3.8) is 0 Å². The summed E-state index contributed by atoms with van der Waals surface area (Å²) >= 11 is 0. The molecule has 1 N–H and O–H groups in total. The van der Waals surface area contributed by atoms with Gasteiger partial charge in [0.15, 0.2) is 5.76 Å². The molecular weight excluding hydrogens is 228 g/mol. The number of ether oxygens (including phenoxy) is 1. The van der Waals surface area contributed by atoms with Gasteiger partial charge >= 0.3 is 0 Å². The van der Waals surface area contributed by atoms with Crippen molar-refractivity contribution in [3.05, 3.63) is 65.4 Å². The molecule has 3 nitrogen and oxygen atoms in total. The number of carbonyl (C=O) groups excluding carboxylic acids is 1. The van der Waals surface area contributed by atoms with Crippen LogP contribution in [0.1, 0.15) is 15.9 Å². The number of phenols is 1. The zero-order valence-corrected chi connectivity index (χ0v) is 9.46. The zero-order chi connectivity index (χ0) is 12.5. The van der Waals surface area contributed by atoms with E-state index in [0.29, 0.717) is 11.3 Å². The van der Waals surface area contributed by atoms with Crippen molar-refractivity contribution in [3.8, 4) is 11.5 Å². The molecule has 3 heteroatoms. The first-order valence-electron chi connectivity index (χ1n) is 5.56. The maximum atomic E-state index is 12.0. The van der Waals surface area contributed by atoms with Gasteiger partial charge < -0.3 is 9.84 Å². The first-order chi connectivity index (χ1) is 8.74. The van der Waals surface area contributed by atoms with E-state index in [1.54, 1.807) is 12.1 Å². The molecule has 18 heavy (non-hydrogen) atoms. The quantitative estimate of drug-likeness (QED) is 0.777. The second-order valence-corrected chi connectivity index (χ2v) is 4.03. The third kappa shape index (κ3) is 1.76. The van der Waals surface area contributed by atoms with Crippen molar-refractivity contribution in [1.29, 1.82) is 0 Å². The molecule has 1 aliphatic heterocycles. The molecule has 0 aliphatic carbocycles. The van der Waals surface area contributed by atoms with Gasteiger partial charge in [-0.15, -0.1) is 0 Å². The van der Waals surface area contributed by atoms with Crippen LogP contribution in [0.3, 0.4) is 0 Å². The normalized spacial score (nSPS) is 15.6. The third-order valence-corrected chi connectivity index (χ3v) is 2.75. The fourth-order valence-electron chi connectivity index (χ4n) is 1.88. The monoisotopic (exact) mass is 238 g/mol. The van der Waals surface area contributed by atoms with Gasteiger partial charge in [-0.2, -0.15) is 0 Å². The van der Waals surface area contributed by atoms with Crippen molar-refractivity contribution in [2.75, 3.05) is 0 Å². The number of Topliss-reactive ketones (excluding diaryl/α,β-unsaturated/α-hetero) is 1. The number of hydrogen-bond donors (Lipinski definition) is 1. The first kappa shape index (κ1) is 10.6. The SMILES string of the molecule is O=C1/C(=C/c2ccccc2)Oc2ccc(O)cc21. The molecule has 0 spiro atoms. The minimum absolute atomic E-state index is 0.0617. The van der Waals surface area contributed by atoms with E-state index in [4.69, 9.17) is 4.74 Å². The molecule has 0 bridgehead atoms. The summed E-state index contributed by atoms with van der Waals surface area (Å²) in [6.07, 6.45) is 1.69. The predicted molar refractivity (Wildman–Crippen MR) is 67.5 cm³/mol. The summed E-state index contributed by atoms with van der Waals surface area (Å²) < 4.78 is 5.48. The van der Waals surface area contributed by atoms with Crippen LogP contribution in [-0.2, 0) is 0 Å². The molecule has 0 saturated heterocycles. The van der Waals surface area contributed by atoms with Gasteiger partial charge in [-0.3, -0.25) is 4.79 Å². The number of phenolic OH excluding ortho intramolecular Hbond substituents is 1. The Morgan fingerprint density at radius 2 is 1.83 bits per heavy atom. The van der Waals surface area contributed by atoms with Gasteiger partial charge in [0.1, 0.15) is 11.5 Å². The van der Waals surface area contributed by atoms with Gasteiger partial charge in [0, 0.05) is 0 Å². The number of carbonyl (C=O) groups is 1. The first-order valence-corrected chi connectivity index (χ1v) is 5.56. The number of rotatable bonds is 1. The van der Waals surface area contributed by atoms with Gasteiger partial charge in [0.25, 0.3) is 0 Å². The van der Waals surface area contributed by atoms with E-state index in [2.05, 4.69) is 0 Å². The number of fused-ring (bicyclic) bond motifs is 1. The van der Waals surface area contributed by atoms with E-state index >= 15 is 0 Å². The Morgan fingerprint density at radius 3 is 2.61 bits per heavy atom. The lowest BCUT2D eigenvalue weighted by Crippen LogP contribution is -1.97. The Bertz CT molecular complexity index is 642. The summed E-state index contributed by atoms with van der Waals surface area (Å²) in [7, 11) is 0. The molecule has 1 heterocycles. The molecule has 0 fully saturated rings. The predicted octanol–water partition coefficient (Wildman–Crippen LogP) is 3.01. The largest absolute Gasteiger partial charge is 0.508 e. The van der Waals surface area contributed by atoms with Crippen molar-refractivity contribution < 1.29 is 14.6 Å². The molecule has 0 radical (unpaired) electrons. The summed E-state index contributed by atoms with van der Waals surface area (Å²) in [5.74, 6) is 0.623. The zero-order valence-electron chi connectivity index (χ0n) is 9.46. The lowest BCUT2D eigenvalue weighted by Gasteiger charge is -1.98. The van der Waals surface area contributed by atoms with Crippen molar-refractivity contribution in [1.82, 2.24) is 0 Å². The number of allylic oxidation sites excluding steroid dienone is 1. The summed E-state index contributed by atoms with van der Waals surface area (Å²) in [5, 5.41) is 9.36. The average Bonchev–Trinajstić information content (AvgIpc) is 2.68. The Hall–Kier alpha value is -2.55. The second-order valence-electron chi connectivity index (χ2n) is 4.03. The van der Waals surface area contributed by atoms with Crippen LogP contribution in [0.25, 0.3) is 6.08 Å². The Kier molecular flexibility index (Phi) is 2.38. The lowest BCUT2D eigenvalue weighted by atomic mass is 10.1. The number of hydrogen-bond acceptors (Lipinski definition) is 3. The molecule has 0 atom stereocenters. The second kappa shape index (κ2) is 4.04. The molecule has 0 aromatic heterocycles. The molecule has 0 saturated carbocycles. The van der Waals surface area contributed by atoms with Gasteiger partial charge in [-0.25, -0.2) is 0 Å². The van der Waals surface area contributed by atoms with E-state index in [0.717, 1.165) is 5.56 Å². The van der Waals surface area contributed by atoms with Crippen molar-refractivity contribution in [2.45, 2.75) is 0 Å². The minimum atomic E-state index is -0.204. The van der Waals surface area contributed by atoms with Gasteiger partial charge in [-0.05, 0) is 29.8 Å². The molecule has 0 amide bonds. The average molecular weight is 238 g/mol. The molecule has 3 rings (SSSR count). The highest BCUT2D eigenvalue weighted by Gasteiger charge is 2.27. The third-order valence-electron chi connectivity index (χ3n) is 2.75. The van der Waals surface area contributed by atoms with Crippen LogP contribution >= 0.6 is 0 Å². The van der Waals surface area contributed by atoms with Crippen LogP contribution in [-0.4, -0.2) is 10.9 Å². The summed E-state index contributed by atoms with van der Waals surface area (Å²) in [6.45, 7) is 0. The molecule has 0 unspecified atom stereocenters.